The van der Waals surface area contributed by atoms with Crippen LogP contribution in [0.25, 0.3) is 10.9 Å². The van der Waals surface area contributed by atoms with Crippen LogP contribution in [0.1, 0.15) is 25.0 Å². The van der Waals surface area contributed by atoms with Crippen LogP contribution in [-0.2, 0) is 10.1 Å². The lowest BCUT2D eigenvalue weighted by molar-refractivity contribution is 0.307. The van der Waals surface area contributed by atoms with Crippen molar-refractivity contribution in [3.05, 3.63) is 64.8 Å². The van der Waals surface area contributed by atoms with Crippen molar-refractivity contribution in [3.63, 3.8) is 0 Å². The summed E-state index contributed by atoms with van der Waals surface area (Å²) >= 11 is 8.45. The van der Waals surface area contributed by atoms with Crippen LogP contribution in [0.2, 0.25) is 5.02 Å². The monoisotopic (exact) mass is 597 g/mol. The Bertz CT molecular complexity index is 1030. The highest BCUT2D eigenvalue weighted by atomic mass is 127. The van der Waals surface area contributed by atoms with Crippen molar-refractivity contribution in [2.75, 3.05) is 14.2 Å². The number of benzene rings is 2. The molecule has 9 heteroatoms. The molecule has 2 aromatic carbocycles. The highest BCUT2D eigenvalue weighted by Crippen LogP contribution is 2.40. The molecule has 5 nitrogen and oxygen atoms in total. The van der Waals surface area contributed by atoms with E-state index in [1.54, 1.807) is 20.4 Å². The first-order chi connectivity index (χ1) is 13.7. The van der Waals surface area contributed by atoms with Crippen LogP contribution in [0.5, 0.6) is 11.5 Å². The zero-order chi connectivity index (χ0) is 21.2. The van der Waals surface area contributed by atoms with E-state index in [-0.39, 0.29) is 24.8 Å². The first kappa shape index (κ1) is 28.0. The van der Waals surface area contributed by atoms with E-state index in [0.717, 1.165) is 22.0 Å². The van der Waals surface area contributed by atoms with Crippen molar-refractivity contribution in [2.24, 2.45) is 5.73 Å². The van der Waals surface area contributed by atoms with Gasteiger partial charge in [-0.3, -0.25) is 4.98 Å². The Morgan fingerprint density at radius 3 is 2.35 bits per heavy atom. The van der Waals surface area contributed by atoms with E-state index >= 15 is 0 Å². The molecule has 1 unspecified atom stereocenters. The van der Waals surface area contributed by atoms with E-state index in [0.29, 0.717) is 23.1 Å². The van der Waals surface area contributed by atoms with Crippen molar-refractivity contribution < 1.29 is 9.47 Å². The Morgan fingerprint density at radius 2 is 1.71 bits per heavy atom. The lowest BCUT2D eigenvalue weighted by Gasteiger charge is -2.41. The van der Waals surface area contributed by atoms with Gasteiger partial charge in [0.1, 0.15) is 3.55 Å². The third-order valence-electron chi connectivity index (χ3n) is 5.19. The van der Waals surface area contributed by atoms with Gasteiger partial charge >= 0.3 is 0 Å². The Labute approximate surface area is 214 Å². The normalized spacial score (nSPS) is 13.0. The Hall–Kier alpha value is -1.03. The van der Waals surface area contributed by atoms with E-state index in [1.807, 2.05) is 42.5 Å². The van der Waals surface area contributed by atoms with Crippen LogP contribution in [0, 0.1) is 0 Å². The first-order valence-electron chi connectivity index (χ1n) is 9.18. The molecule has 31 heavy (non-hydrogen) atoms. The molecule has 0 radical (unpaired) electrons. The number of methoxy groups -OCH3 is 2. The maximum absolute atomic E-state index is 6.90. The molecule has 0 aliphatic heterocycles. The predicted octanol–water partition coefficient (Wildman–Crippen LogP) is 5.86. The van der Waals surface area contributed by atoms with Crippen LogP contribution in [0.4, 0.5) is 0 Å². The minimum Gasteiger partial charge on any atom is -0.493 e. The SMILES string of the molecule is COc1ccc(CNC(C)(C)C(N)(I)c2ccnc3cc(Cl)ccc23)cc1OC.Cl.Cl. The van der Waals surface area contributed by atoms with Gasteiger partial charge in [0.15, 0.2) is 11.5 Å². The van der Waals surface area contributed by atoms with E-state index < -0.39 is 9.08 Å². The summed E-state index contributed by atoms with van der Waals surface area (Å²) in [6.45, 7) is 4.83. The number of nitrogens with zero attached hydrogens (tertiary/aromatic N) is 1. The second-order valence-corrected chi connectivity index (χ2v) is 9.54. The zero-order valence-corrected chi connectivity index (χ0v) is 22.3. The van der Waals surface area contributed by atoms with E-state index in [9.17, 15) is 0 Å². The number of pyridine rings is 1. The van der Waals surface area contributed by atoms with Crippen molar-refractivity contribution in [1.29, 1.82) is 0 Å². The number of fused-ring (bicyclic) bond motifs is 1. The molecule has 1 aromatic heterocycles. The summed E-state index contributed by atoms with van der Waals surface area (Å²) in [5.41, 5.74) is 9.38. The van der Waals surface area contributed by atoms with Gasteiger partial charge in [-0.15, -0.1) is 24.8 Å². The molecule has 0 amide bonds. The van der Waals surface area contributed by atoms with Gasteiger partial charge in [-0.25, -0.2) is 0 Å². The van der Waals surface area contributed by atoms with Crippen LogP contribution in [0.15, 0.2) is 48.7 Å². The van der Waals surface area contributed by atoms with Crippen molar-refractivity contribution >= 4 is 69.9 Å². The third kappa shape index (κ3) is 5.86. The molecule has 0 spiro atoms. The quantitative estimate of drug-likeness (QED) is 0.203. The average Bonchev–Trinajstić information content (AvgIpc) is 2.71. The summed E-state index contributed by atoms with van der Waals surface area (Å²) in [4.78, 5) is 4.44. The number of aromatic nitrogens is 1. The van der Waals surface area contributed by atoms with Gasteiger partial charge in [0.25, 0.3) is 0 Å². The molecular weight excluding hydrogens is 572 g/mol. The number of nitrogens with one attached hydrogen (secondary N) is 1. The van der Waals surface area contributed by atoms with Gasteiger partial charge in [0.05, 0.1) is 19.7 Å². The lowest BCUT2D eigenvalue weighted by atomic mass is 9.87. The Kier molecular flexibility index (Phi) is 10.1. The summed E-state index contributed by atoms with van der Waals surface area (Å²) in [7, 11) is 3.26. The molecule has 3 rings (SSSR count). The number of nitrogens with two attached hydrogens (primary N) is 1. The minimum atomic E-state index is -0.698. The highest BCUT2D eigenvalue weighted by molar-refractivity contribution is 14.1. The second-order valence-electron chi connectivity index (χ2n) is 7.40. The fourth-order valence-electron chi connectivity index (χ4n) is 3.22. The second kappa shape index (κ2) is 11.2. The van der Waals surface area contributed by atoms with Gasteiger partial charge in [-0.05, 0) is 55.3 Å². The standard InChI is InChI=1S/C22H25ClIN3O2.2ClH/c1-21(2,27-13-14-5-8-19(28-3)20(11-14)29-4)22(24,25)17-9-10-26-18-12-15(23)6-7-16(17)18;;/h5-12,27H,13,25H2,1-4H3;2*1H. The molecule has 0 fully saturated rings. The summed E-state index contributed by atoms with van der Waals surface area (Å²) in [6, 6.07) is 13.6. The predicted molar refractivity (Wildman–Crippen MR) is 142 cm³/mol. The fourth-order valence-corrected chi connectivity index (χ4v) is 4.04. The smallest absolute Gasteiger partial charge is 0.161 e. The van der Waals surface area contributed by atoms with Crippen LogP contribution < -0.4 is 20.5 Å². The largest absolute Gasteiger partial charge is 0.493 e. The zero-order valence-electron chi connectivity index (χ0n) is 17.7. The third-order valence-corrected chi connectivity index (χ3v) is 7.35. The number of alkyl halides is 1. The van der Waals surface area contributed by atoms with E-state index in [2.05, 4.69) is 46.7 Å². The molecule has 0 bridgehead atoms. The van der Waals surface area contributed by atoms with Crippen molar-refractivity contribution in [1.82, 2.24) is 10.3 Å². The van der Waals surface area contributed by atoms with Gasteiger partial charge < -0.3 is 20.5 Å². The summed E-state index contributed by atoms with van der Waals surface area (Å²) < 4.78 is 10.0. The van der Waals surface area contributed by atoms with Gasteiger partial charge in [0, 0.05) is 28.7 Å². The molecule has 170 valence electrons. The number of halogens is 4. The first-order valence-corrected chi connectivity index (χ1v) is 10.6. The van der Waals surface area contributed by atoms with Gasteiger partial charge in [-0.2, -0.15) is 0 Å². The number of rotatable bonds is 7. The highest BCUT2D eigenvalue weighted by Gasteiger charge is 2.41. The van der Waals surface area contributed by atoms with Gasteiger partial charge in [0.2, 0.25) is 0 Å². The fraction of sp³-hybridized carbons (Fsp3) is 0.318. The average molecular weight is 599 g/mol. The Balaban J connectivity index is 0.00000240. The van der Waals surface area contributed by atoms with Crippen molar-refractivity contribution in [2.45, 2.75) is 29.5 Å². The number of hydrogen-bond donors (Lipinski definition) is 2. The van der Waals surface area contributed by atoms with Crippen LogP contribution in [-0.4, -0.2) is 24.7 Å². The molecular formula is C22H27Cl3IN3O2. The molecule has 1 atom stereocenters. The molecule has 0 aliphatic rings. The topological polar surface area (TPSA) is 69.4 Å². The molecule has 0 saturated heterocycles. The van der Waals surface area contributed by atoms with E-state index in [4.69, 9.17) is 26.8 Å². The van der Waals surface area contributed by atoms with Crippen LogP contribution in [0.3, 0.4) is 0 Å². The summed E-state index contributed by atoms with van der Waals surface area (Å²) in [5.74, 6) is 1.41. The maximum atomic E-state index is 6.90. The molecule has 3 aromatic rings. The lowest BCUT2D eigenvalue weighted by Crippen LogP contribution is -2.58. The minimum absolute atomic E-state index is 0. The van der Waals surface area contributed by atoms with Crippen molar-refractivity contribution in [3.8, 4) is 11.5 Å². The molecule has 0 aliphatic carbocycles. The van der Waals surface area contributed by atoms with Gasteiger partial charge in [-0.1, -0.05) is 46.3 Å². The summed E-state index contributed by atoms with van der Waals surface area (Å²) in [5, 5.41) is 5.26. The Morgan fingerprint density at radius 1 is 1.03 bits per heavy atom. The molecule has 0 saturated carbocycles. The molecule has 3 N–H and O–H groups in total. The number of hydrogen-bond acceptors (Lipinski definition) is 5. The molecule has 1 heterocycles. The van der Waals surface area contributed by atoms with E-state index in [1.165, 1.54) is 0 Å². The number of ether oxygens (including phenoxy) is 2. The summed E-state index contributed by atoms with van der Waals surface area (Å²) in [6.07, 6.45) is 1.78. The maximum Gasteiger partial charge on any atom is 0.161 e. The van der Waals surface area contributed by atoms with Crippen LogP contribution >= 0.6 is 59.0 Å².